The van der Waals surface area contributed by atoms with Crippen LogP contribution < -0.4 is 5.32 Å². The van der Waals surface area contributed by atoms with Gasteiger partial charge in [-0.2, -0.15) is 5.10 Å². The minimum absolute atomic E-state index is 0. The van der Waals surface area contributed by atoms with Crippen LogP contribution in [0.1, 0.15) is 36.9 Å². The predicted molar refractivity (Wildman–Crippen MR) is 79.6 cm³/mol. The highest BCUT2D eigenvalue weighted by Crippen LogP contribution is 2.29. The van der Waals surface area contributed by atoms with Crippen LogP contribution in [0, 0.1) is 6.92 Å². The van der Waals surface area contributed by atoms with Crippen molar-refractivity contribution in [1.82, 2.24) is 20.0 Å². The van der Waals surface area contributed by atoms with Crippen molar-refractivity contribution in [2.45, 2.75) is 57.3 Å². The third-order valence-electron chi connectivity index (χ3n) is 4.61. The molecule has 0 aliphatic carbocycles. The van der Waals surface area contributed by atoms with E-state index in [9.17, 15) is 0 Å². The average Bonchev–Trinajstić information content (AvgIpc) is 2.82. The molecule has 1 aromatic heterocycles. The lowest BCUT2D eigenvalue weighted by molar-refractivity contribution is 0.165. The molecule has 5 heteroatoms. The first-order chi connectivity index (χ1) is 8.61. The van der Waals surface area contributed by atoms with Gasteiger partial charge in [-0.1, -0.05) is 0 Å². The van der Waals surface area contributed by atoms with E-state index in [1.165, 1.54) is 36.9 Å². The molecule has 3 rings (SSSR count). The highest BCUT2D eigenvalue weighted by Gasteiger charge is 2.35. The molecule has 2 aliphatic heterocycles. The van der Waals surface area contributed by atoms with Gasteiger partial charge < -0.3 is 5.32 Å². The van der Waals surface area contributed by atoms with Crippen molar-refractivity contribution in [2.24, 2.45) is 7.05 Å². The highest BCUT2D eigenvalue weighted by molar-refractivity contribution is 5.85. The lowest BCUT2D eigenvalue weighted by Gasteiger charge is -2.35. The Morgan fingerprint density at radius 1 is 1.37 bits per heavy atom. The third-order valence-corrected chi connectivity index (χ3v) is 4.61. The molecule has 2 saturated heterocycles. The van der Waals surface area contributed by atoms with E-state index < -0.39 is 0 Å². The van der Waals surface area contributed by atoms with Gasteiger partial charge in [0.1, 0.15) is 0 Å². The average molecular weight is 285 g/mol. The first-order valence-electron chi connectivity index (χ1n) is 7.07. The molecule has 3 heterocycles. The Balaban J connectivity index is 0.00000133. The molecule has 2 aliphatic rings. The second-order valence-electron chi connectivity index (χ2n) is 6.09. The maximum atomic E-state index is 4.43. The van der Waals surface area contributed by atoms with E-state index in [0.717, 1.165) is 24.7 Å². The van der Waals surface area contributed by atoms with Crippen molar-refractivity contribution in [3.05, 3.63) is 17.5 Å². The summed E-state index contributed by atoms with van der Waals surface area (Å²) < 4.78 is 1.92. The molecule has 0 saturated carbocycles. The summed E-state index contributed by atoms with van der Waals surface area (Å²) in [6.07, 6.45) is 7.53. The van der Waals surface area contributed by atoms with Crippen LogP contribution in [0.2, 0.25) is 0 Å². The van der Waals surface area contributed by atoms with Gasteiger partial charge >= 0.3 is 0 Å². The van der Waals surface area contributed by atoms with Crippen LogP contribution in [-0.4, -0.2) is 39.9 Å². The quantitative estimate of drug-likeness (QED) is 0.920. The van der Waals surface area contributed by atoms with Crippen molar-refractivity contribution in [3.63, 3.8) is 0 Å². The Bertz CT molecular complexity index is 419. The molecule has 2 atom stereocenters. The van der Waals surface area contributed by atoms with Crippen molar-refractivity contribution in [3.8, 4) is 0 Å². The Morgan fingerprint density at radius 2 is 2.00 bits per heavy atom. The Hall–Kier alpha value is -0.580. The summed E-state index contributed by atoms with van der Waals surface area (Å²) in [5.74, 6) is 0. The van der Waals surface area contributed by atoms with E-state index in [2.05, 4.69) is 35.5 Å². The molecular weight excluding hydrogens is 260 g/mol. The van der Waals surface area contributed by atoms with Crippen LogP contribution in [0.5, 0.6) is 0 Å². The van der Waals surface area contributed by atoms with E-state index in [0.29, 0.717) is 0 Å². The smallest absolute Gasteiger partial charge is 0.0638 e. The van der Waals surface area contributed by atoms with Gasteiger partial charge in [0.05, 0.1) is 5.69 Å². The van der Waals surface area contributed by atoms with E-state index in [4.69, 9.17) is 0 Å². The Labute approximate surface area is 122 Å². The fourth-order valence-electron chi connectivity index (χ4n) is 3.59. The van der Waals surface area contributed by atoms with Crippen molar-refractivity contribution < 1.29 is 0 Å². The minimum Gasteiger partial charge on any atom is -0.311 e. The number of piperidine rings is 1. The van der Waals surface area contributed by atoms with Gasteiger partial charge in [0.15, 0.2) is 0 Å². The molecule has 0 radical (unpaired) electrons. The standard InChI is InChI=1S/C14H24N4.ClH/c1-10-11(9-18(3)16-10)8-17(2)14-6-12-4-5-13(7-14)15-12;/h9,12-15H,4-8H2,1-3H3;1H. The van der Waals surface area contributed by atoms with Gasteiger partial charge in [0.2, 0.25) is 0 Å². The lowest BCUT2D eigenvalue weighted by atomic mass is 9.98. The van der Waals surface area contributed by atoms with Crippen LogP contribution >= 0.6 is 12.4 Å². The van der Waals surface area contributed by atoms with E-state index in [-0.39, 0.29) is 12.4 Å². The minimum atomic E-state index is 0. The van der Waals surface area contributed by atoms with Crippen molar-refractivity contribution >= 4 is 12.4 Å². The molecule has 4 nitrogen and oxygen atoms in total. The summed E-state index contributed by atoms with van der Waals surface area (Å²) in [6, 6.07) is 2.28. The largest absolute Gasteiger partial charge is 0.311 e. The van der Waals surface area contributed by atoms with Crippen LogP contribution in [-0.2, 0) is 13.6 Å². The van der Waals surface area contributed by atoms with Gasteiger partial charge in [-0.3, -0.25) is 9.58 Å². The summed E-state index contributed by atoms with van der Waals surface area (Å²) in [7, 11) is 4.27. The number of nitrogens with one attached hydrogen (secondary N) is 1. The van der Waals surface area contributed by atoms with Gasteiger partial charge in [-0.05, 0) is 39.7 Å². The zero-order chi connectivity index (χ0) is 12.7. The second-order valence-corrected chi connectivity index (χ2v) is 6.09. The Kier molecular flexibility index (Phi) is 4.54. The molecule has 19 heavy (non-hydrogen) atoms. The molecule has 2 bridgehead atoms. The van der Waals surface area contributed by atoms with E-state index in [1.807, 2.05) is 11.7 Å². The van der Waals surface area contributed by atoms with Crippen LogP contribution in [0.15, 0.2) is 6.20 Å². The number of rotatable bonds is 3. The number of aromatic nitrogens is 2. The first-order valence-corrected chi connectivity index (χ1v) is 7.07. The summed E-state index contributed by atoms with van der Waals surface area (Å²) in [5, 5.41) is 8.14. The Morgan fingerprint density at radius 3 is 2.53 bits per heavy atom. The summed E-state index contributed by atoms with van der Waals surface area (Å²) >= 11 is 0. The van der Waals surface area contributed by atoms with E-state index >= 15 is 0 Å². The summed E-state index contributed by atoms with van der Waals surface area (Å²) in [5.41, 5.74) is 2.53. The fourth-order valence-corrected chi connectivity index (χ4v) is 3.59. The lowest BCUT2D eigenvalue weighted by Crippen LogP contribution is -2.46. The zero-order valence-corrected chi connectivity index (χ0v) is 12.9. The van der Waals surface area contributed by atoms with E-state index in [1.54, 1.807) is 0 Å². The van der Waals surface area contributed by atoms with Gasteiger partial charge in [-0.15, -0.1) is 12.4 Å². The normalized spacial score (nSPS) is 29.6. The maximum Gasteiger partial charge on any atom is 0.0638 e. The van der Waals surface area contributed by atoms with Crippen LogP contribution in [0.4, 0.5) is 0 Å². The highest BCUT2D eigenvalue weighted by atomic mass is 35.5. The molecule has 0 amide bonds. The molecular formula is C14H25ClN4. The molecule has 2 unspecified atom stereocenters. The summed E-state index contributed by atoms with van der Waals surface area (Å²) in [4.78, 5) is 2.52. The van der Waals surface area contributed by atoms with Gasteiger partial charge in [-0.25, -0.2) is 0 Å². The second kappa shape index (κ2) is 5.81. The fraction of sp³-hybridized carbons (Fsp3) is 0.786. The maximum absolute atomic E-state index is 4.43. The monoisotopic (exact) mass is 284 g/mol. The number of fused-ring (bicyclic) bond motifs is 2. The van der Waals surface area contributed by atoms with Gasteiger partial charge in [0.25, 0.3) is 0 Å². The zero-order valence-electron chi connectivity index (χ0n) is 12.1. The molecule has 0 aromatic carbocycles. The number of nitrogens with zero attached hydrogens (tertiary/aromatic N) is 3. The van der Waals surface area contributed by atoms with Crippen LogP contribution in [0.25, 0.3) is 0 Å². The number of hydrogen-bond acceptors (Lipinski definition) is 3. The number of hydrogen-bond donors (Lipinski definition) is 1. The van der Waals surface area contributed by atoms with Crippen molar-refractivity contribution in [2.75, 3.05) is 7.05 Å². The van der Waals surface area contributed by atoms with Crippen molar-refractivity contribution in [1.29, 1.82) is 0 Å². The topological polar surface area (TPSA) is 33.1 Å². The third kappa shape index (κ3) is 3.12. The summed E-state index contributed by atoms with van der Waals surface area (Å²) in [6.45, 7) is 3.14. The number of aryl methyl sites for hydroxylation is 2. The van der Waals surface area contributed by atoms with Gasteiger partial charge in [0, 0.05) is 43.5 Å². The first kappa shape index (κ1) is 14.8. The molecule has 0 spiro atoms. The molecule has 2 fully saturated rings. The molecule has 108 valence electrons. The van der Waals surface area contributed by atoms with Crippen LogP contribution in [0.3, 0.4) is 0 Å². The number of halogens is 1. The molecule has 1 N–H and O–H groups in total. The predicted octanol–water partition coefficient (Wildman–Crippen LogP) is 1.87. The molecule has 1 aromatic rings. The SMILES string of the molecule is Cc1nn(C)cc1CN(C)C1CC2CCC(C1)N2.Cl.